The fourth-order valence-electron chi connectivity index (χ4n) is 1.26. The Hall–Kier alpha value is -0.593. The molecule has 0 spiro atoms. The number of hydrogen-bond acceptors (Lipinski definition) is 3. The molecule has 0 aromatic heterocycles. The van der Waals surface area contributed by atoms with Crippen LogP contribution in [0.25, 0.3) is 0 Å². The Kier molecular flexibility index (Phi) is 6.54. The number of carbonyl (C=O) groups is 1. The molecule has 0 aromatic carbocycles. The third kappa shape index (κ3) is 5.76. The standard InChI is InChI=1S/C9H21NO4Si/c1-5-13-15(4,14-6-2)8-7-10(3)9(11)12/h5-8H2,1-4H3,(H,11,12). The van der Waals surface area contributed by atoms with Crippen molar-refractivity contribution in [3.8, 4) is 0 Å². The molecule has 0 fully saturated rings. The highest BCUT2D eigenvalue weighted by Crippen LogP contribution is 2.13. The van der Waals surface area contributed by atoms with Gasteiger partial charge in [0.2, 0.25) is 0 Å². The van der Waals surface area contributed by atoms with Gasteiger partial charge in [-0.25, -0.2) is 4.79 Å². The zero-order chi connectivity index (χ0) is 11.9. The van der Waals surface area contributed by atoms with Crippen LogP contribution in [0.5, 0.6) is 0 Å². The Balaban J connectivity index is 4.11. The highest BCUT2D eigenvalue weighted by Gasteiger charge is 2.31. The van der Waals surface area contributed by atoms with E-state index in [4.69, 9.17) is 14.0 Å². The van der Waals surface area contributed by atoms with Crippen LogP contribution in [0.15, 0.2) is 0 Å². The van der Waals surface area contributed by atoms with Crippen molar-refractivity contribution in [2.45, 2.75) is 26.4 Å². The third-order valence-electron chi connectivity index (χ3n) is 2.13. The molecule has 1 N–H and O–H groups in total. The lowest BCUT2D eigenvalue weighted by Crippen LogP contribution is -2.42. The van der Waals surface area contributed by atoms with Crippen molar-refractivity contribution in [2.75, 3.05) is 26.8 Å². The van der Waals surface area contributed by atoms with E-state index in [9.17, 15) is 4.79 Å². The van der Waals surface area contributed by atoms with Gasteiger partial charge < -0.3 is 18.9 Å². The summed E-state index contributed by atoms with van der Waals surface area (Å²) in [5.41, 5.74) is 0. The van der Waals surface area contributed by atoms with Crippen LogP contribution in [0.4, 0.5) is 4.79 Å². The number of nitrogens with zero attached hydrogens (tertiary/aromatic N) is 1. The molecular weight excluding hydrogens is 214 g/mol. The van der Waals surface area contributed by atoms with Crippen molar-refractivity contribution < 1.29 is 18.8 Å². The average Bonchev–Trinajstić information content (AvgIpc) is 2.15. The molecule has 0 atom stereocenters. The van der Waals surface area contributed by atoms with Crippen LogP contribution >= 0.6 is 0 Å². The first-order valence-electron chi connectivity index (χ1n) is 5.17. The van der Waals surface area contributed by atoms with Crippen LogP contribution in [-0.2, 0) is 8.85 Å². The molecular formula is C9H21NO4Si. The summed E-state index contributed by atoms with van der Waals surface area (Å²) in [5, 5.41) is 8.70. The van der Waals surface area contributed by atoms with Gasteiger partial charge in [0.05, 0.1) is 0 Å². The van der Waals surface area contributed by atoms with Crippen molar-refractivity contribution in [3.05, 3.63) is 0 Å². The van der Waals surface area contributed by atoms with E-state index in [1.807, 2.05) is 20.4 Å². The molecule has 0 saturated heterocycles. The number of carboxylic acid groups (broad SMARTS) is 1. The van der Waals surface area contributed by atoms with Gasteiger partial charge in [0.15, 0.2) is 0 Å². The zero-order valence-corrected chi connectivity index (χ0v) is 10.9. The van der Waals surface area contributed by atoms with Gasteiger partial charge in [-0.1, -0.05) is 0 Å². The summed E-state index contributed by atoms with van der Waals surface area (Å²) in [6.45, 7) is 7.49. The molecule has 0 aliphatic carbocycles. The highest BCUT2D eigenvalue weighted by molar-refractivity contribution is 6.66. The average molecular weight is 235 g/mol. The lowest BCUT2D eigenvalue weighted by Gasteiger charge is -2.27. The summed E-state index contributed by atoms with van der Waals surface area (Å²) >= 11 is 0. The van der Waals surface area contributed by atoms with Crippen LogP contribution in [0, 0.1) is 0 Å². The predicted octanol–water partition coefficient (Wildman–Crippen LogP) is 1.74. The Morgan fingerprint density at radius 1 is 1.33 bits per heavy atom. The molecule has 0 rings (SSSR count). The van der Waals surface area contributed by atoms with Gasteiger partial charge in [0.1, 0.15) is 0 Å². The summed E-state index contributed by atoms with van der Waals surface area (Å²) in [7, 11) is -0.612. The second-order valence-corrected chi connectivity index (χ2v) is 6.80. The molecule has 90 valence electrons. The number of amides is 1. The van der Waals surface area contributed by atoms with E-state index in [1.165, 1.54) is 4.90 Å². The van der Waals surface area contributed by atoms with E-state index in [-0.39, 0.29) is 0 Å². The topological polar surface area (TPSA) is 59.0 Å². The van der Waals surface area contributed by atoms with Crippen molar-refractivity contribution in [1.82, 2.24) is 4.90 Å². The lowest BCUT2D eigenvalue weighted by atomic mass is 10.7. The predicted molar refractivity (Wildman–Crippen MR) is 60.3 cm³/mol. The second-order valence-electron chi connectivity index (χ2n) is 3.45. The molecule has 0 unspecified atom stereocenters. The monoisotopic (exact) mass is 235 g/mol. The second kappa shape index (κ2) is 6.81. The van der Waals surface area contributed by atoms with Crippen LogP contribution in [0.3, 0.4) is 0 Å². The maximum Gasteiger partial charge on any atom is 0.407 e. The van der Waals surface area contributed by atoms with Crippen molar-refractivity contribution in [1.29, 1.82) is 0 Å². The number of rotatable bonds is 7. The number of hydrogen-bond donors (Lipinski definition) is 1. The van der Waals surface area contributed by atoms with E-state index in [1.54, 1.807) is 7.05 Å². The van der Waals surface area contributed by atoms with Gasteiger partial charge in [-0.2, -0.15) is 0 Å². The Labute approximate surface area is 92.2 Å². The Morgan fingerprint density at radius 2 is 1.80 bits per heavy atom. The van der Waals surface area contributed by atoms with Gasteiger partial charge in [-0.15, -0.1) is 0 Å². The first-order valence-corrected chi connectivity index (χ1v) is 7.69. The Bertz CT molecular complexity index is 195. The van der Waals surface area contributed by atoms with E-state index in [0.717, 1.165) is 0 Å². The van der Waals surface area contributed by atoms with Gasteiger partial charge in [0, 0.05) is 32.9 Å². The minimum absolute atomic E-state index is 0.456. The quantitative estimate of drug-likeness (QED) is 0.683. The van der Waals surface area contributed by atoms with Gasteiger partial charge in [-0.05, 0) is 20.4 Å². The lowest BCUT2D eigenvalue weighted by molar-refractivity contribution is 0.153. The van der Waals surface area contributed by atoms with E-state index < -0.39 is 14.7 Å². The highest BCUT2D eigenvalue weighted by atomic mass is 28.4. The molecule has 0 aliphatic rings. The summed E-state index contributed by atoms with van der Waals surface area (Å²) in [5.74, 6) is 0. The third-order valence-corrected chi connectivity index (χ3v) is 5.06. The maximum atomic E-state index is 10.6. The SMILES string of the molecule is CCO[Si](C)(CCN(C)C(=O)O)OCC. The molecule has 0 aliphatic heterocycles. The first-order chi connectivity index (χ1) is 6.95. The molecule has 15 heavy (non-hydrogen) atoms. The van der Waals surface area contributed by atoms with Gasteiger partial charge in [0.25, 0.3) is 0 Å². The van der Waals surface area contributed by atoms with E-state index in [2.05, 4.69) is 0 Å². The molecule has 0 bridgehead atoms. The van der Waals surface area contributed by atoms with E-state index >= 15 is 0 Å². The Morgan fingerprint density at radius 3 is 2.13 bits per heavy atom. The maximum absolute atomic E-state index is 10.6. The first kappa shape index (κ1) is 14.4. The molecule has 5 nitrogen and oxygen atoms in total. The largest absolute Gasteiger partial charge is 0.465 e. The molecule has 0 radical (unpaired) electrons. The zero-order valence-electron chi connectivity index (χ0n) is 9.95. The van der Waals surface area contributed by atoms with E-state index in [0.29, 0.717) is 25.8 Å². The van der Waals surface area contributed by atoms with Crippen LogP contribution in [0.1, 0.15) is 13.8 Å². The molecule has 1 amide bonds. The van der Waals surface area contributed by atoms with Gasteiger partial charge >= 0.3 is 14.7 Å². The van der Waals surface area contributed by atoms with Crippen molar-refractivity contribution in [2.24, 2.45) is 0 Å². The van der Waals surface area contributed by atoms with Crippen LogP contribution in [0.2, 0.25) is 12.6 Å². The van der Waals surface area contributed by atoms with Crippen molar-refractivity contribution in [3.63, 3.8) is 0 Å². The minimum Gasteiger partial charge on any atom is -0.465 e. The minimum atomic E-state index is -2.16. The van der Waals surface area contributed by atoms with Gasteiger partial charge in [-0.3, -0.25) is 0 Å². The summed E-state index contributed by atoms with van der Waals surface area (Å²) < 4.78 is 11.2. The summed E-state index contributed by atoms with van der Waals surface area (Å²) in [4.78, 5) is 11.8. The molecule has 0 aromatic rings. The molecule has 0 saturated carbocycles. The normalized spacial score (nSPS) is 11.5. The van der Waals surface area contributed by atoms with Crippen LogP contribution in [-0.4, -0.2) is 51.5 Å². The molecule has 0 heterocycles. The fraction of sp³-hybridized carbons (Fsp3) is 0.889. The summed E-state index contributed by atoms with van der Waals surface area (Å²) in [6, 6.07) is 0.664. The van der Waals surface area contributed by atoms with Crippen LogP contribution < -0.4 is 0 Å². The fourth-order valence-corrected chi connectivity index (χ4v) is 3.60. The smallest absolute Gasteiger partial charge is 0.407 e. The molecule has 6 heteroatoms. The summed E-state index contributed by atoms with van der Waals surface area (Å²) in [6.07, 6.45) is -0.917. The van der Waals surface area contributed by atoms with Crippen molar-refractivity contribution >= 4 is 14.7 Å².